The molecule has 1 rings (SSSR count). The fourth-order valence-electron chi connectivity index (χ4n) is 1.36. The van der Waals surface area contributed by atoms with E-state index in [0.717, 1.165) is 0 Å². The van der Waals surface area contributed by atoms with E-state index in [9.17, 15) is 13.2 Å². The number of nitrogens with two attached hydrogens (primary N) is 1. The van der Waals surface area contributed by atoms with E-state index in [1.54, 1.807) is 10.8 Å². The largest absolute Gasteiger partial charge is 0.363 e. The summed E-state index contributed by atoms with van der Waals surface area (Å²) in [6.07, 6.45) is 5.31. The lowest BCUT2D eigenvalue weighted by Crippen LogP contribution is -2.29. The van der Waals surface area contributed by atoms with Crippen LogP contribution in [0.15, 0.2) is 6.20 Å². The fourth-order valence-corrected chi connectivity index (χ4v) is 2.01. The van der Waals surface area contributed by atoms with Crippen molar-refractivity contribution in [3.05, 3.63) is 18.2 Å². The maximum atomic E-state index is 11.0. The molecule has 0 aliphatic carbocycles. The van der Waals surface area contributed by atoms with Crippen LogP contribution in [0.5, 0.6) is 0 Å². The van der Waals surface area contributed by atoms with E-state index >= 15 is 0 Å². The number of primary amides is 1. The highest BCUT2D eigenvalue weighted by molar-refractivity contribution is 7.90. The second kappa shape index (κ2) is 5.96. The molecule has 1 aromatic heterocycles. The third-order valence-corrected chi connectivity index (χ3v) is 3.37. The SMILES string of the molecule is CN(CCn1c[c]nc1C(N)=O)CCS(C)(=O)=O. The minimum Gasteiger partial charge on any atom is -0.363 e. The number of rotatable bonds is 7. The second-order valence-corrected chi connectivity index (χ2v) is 6.44. The van der Waals surface area contributed by atoms with Crippen LogP contribution in [0.3, 0.4) is 0 Å². The molecule has 1 radical (unpaired) electrons. The van der Waals surface area contributed by atoms with E-state index in [0.29, 0.717) is 19.6 Å². The van der Waals surface area contributed by atoms with Crippen LogP contribution in [0.1, 0.15) is 10.6 Å². The van der Waals surface area contributed by atoms with Gasteiger partial charge in [0.2, 0.25) is 0 Å². The van der Waals surface area contributed by atoms with Gasteiger partial charge in [-0.15, -0.1) is 0 Å². The van der Waals surface area contributed by atoms with Crippen LogP contribution >= 0.6 is 0 Å². The first-order valence-corrected chi connectivity index (χ1v) is 7.45. The molecule has 1 heterocycles. The standard InChI is InChI=1S/C10H17N4O3S/c1-13(7-8-18(2,16)17)5-6-14-4-3-12-10(14)9(11)15/h4H,5-8H2,1-2H3,(H2,11,15). The minimum absolute atomic E-state index is 0.113. The van der Waals surface area contributed by atoms with Crippen molar-refractivity contribution in [3.8, 4) is 0 Å². The van der Waals surface area contributed by atoms with Gasteiger partial charge in [-0.05, 0) is 7.05 Å². The lowest BCUT2D eigenvalue weighted by atomic mass is 10.5. The lowest BCUT2D eigenvalue weighted by Gasteiger charge is -2.16. The van der Waals surface area contributed by atoms with Crippen LogP contribution in [0, 0.1) is 6.20 Å². The molecule has 1 aromatic rings. The minimum atomic E-state index is -2.95. The third kappa shape index (κ3) is 4.84. The predicted molar refractivity (Wildman–Crippen MR) is 66.8 cm³/mol. The first kappa shape index (κ1) is 14.7. The Balaban J connectivity index is 2.45. The highest BCUT2D eigenvalue weighted by Crippen LogP contribution is 1.97. The van der Waals surface area contributed by atoms with Gasteiger partial charge in [0.1, 0.15) is 16.0 Å². The lowest BCUT2D eigenvalue weighted by molar-refractivity contribution is 0.0985. The number of sulfone groups is 1. The zero-order valence-corrected chi connectivity index (χ0v) is 11.3. The number of hydrogen-bond donors (Lipinski definition) is 1. The molecular formula is C10H17N4O3S. The smallest absolute Gasteiger partial charge is 0.284 e. The van der Waals surface area contributed by atoms with Gasteiger partial charge in [0.15, 0.2) is 5.82 Å². The van der Waals surface area contributed by atoms with Gasteiger partial charge in [-0.25, -0.2) is 13.4 Å². The molecule has 101 valence electrons. The molecule has 7 nitrogen and oxygen atoms in total. The quantitative estimate of drug-likeness (QED) is 0.670. The van der Waals surface area contributed by atoms with Gasteiger partial charge in [0.25, 0.3) is 5.91 Å². The Morgan fingerprint density at radius 1 is 1.56 bits per heavy atom. The number of likely N-dealkylation sites (N-methyl/N-ethyl adjacent to an activating group) is 1. The molecule has 0 spiro atoms. The van der Waals surface area contributed by atoms with Gasteiger partial charge in [-0.3, -0.25) is 4.79 Å². The molecule has 0 saturated carbocycles. The molecule has 1 amide bonds. The van der Waals surface area contributed by atoms with E-state index in [2.05, 4.69) is 11.2 Å². The topological polar surface area (TPSA) is 98.3 Å². The van der Waals surface area contributed by atoms with Gasteiger partial charge in [-0.1, -0.05) is 0 Å². The number of nitrogens with zero attached hydrogens (tertiary/aromatic N) is 3. The Labute approximate surface area is 107 Å². The normalized spacial score (nSPS) is 11.9. The summed E-state index contributed by atoms with van der Waals surface area (Å²) < 4.78 is 23.6. The van der Waals surface area contributed by atoms with Crippen molar-refractivity contribution >= 4 is 15.7 Å². The number of amides is 1. The van der Waals surface area contributed by atoms with Crippen molar-refractivity contribution in [1.29, 1.82) is 0 Å². The number of imidazole rings is 1. The van der Waals surface area contributed by atoms with Crippen LogP contribution in [-0.4, -0.2) is 60.9 Å². The Bertz CT molecular complexity index is 509. The maximum absolute atomic E-state index is 11.0. The Morgan fingerprint density at radius 3 is 2.78 bits per heavy atom. The monoisotopic (exact) mass is 273 g/mol. The Hall–Kier alpha value is -1.41. The molecule has 0 aliphatic heterocycles. The number of aromatic nitrogens is 2. The zero-order chi connectivity index (χ0) is 13.8. The first-order valence-electron chi connectivity index (χ1n) is 5.39. The summed E-state index contributed by atoms with van der Waals surface area (Å²) in [5, 5.41) is 0. The number of carbonyl (C=O) groups is 1. The summed E-state index contributed by atoms with van der Waals surface area (Å²) in [4.78, 5) is 16.6. The highest BCUT2D eigenvalue weighted by atomic mass is 32.2. The van der Waals surface area contributed by atoms with E-state index in [-0.39, 0.29) is 11.6 Å². The van der Waals surface area contributed by atoms with Crippen LogP contribution in [0.25, 0.3) is 0 Å². The van der Waals surface area contributed by atoms with Gasteiger partial charge in [0, 0.05) is 32.1 Å². The highest BCUT2D eigenvalue weighted by Gasteiger charge is 2.10. The summed E-state index contributed by atoms with van der Waals surface area (Å²) in [7, 11) is -1.14. The van der Waals surface area contributed by atoms with Crippen LogP contribution in [-0.2, 0) is 16.4 Å². The van der Waals surface area contributed by atoms with Gasteiger partial charge < -0.3 is 15.2 Å². The number of carbonyl (C=O) groups excluding carboxylic acids is 1. The molecule has 0 unspecified atom stereocenters. The van der Waals surface area contributed by atoms with E-state index in [1.807, 2.05) is 11.9 Å². The summed E-state index contributed by atoms with van der Waals surface area (Å²) in [6, 6.07) is 0. The molecule has 0 saturated heterocycles. The zero-order valence-electron chi connectivity index (χ0n) is 10.5. The molecule has 0 aromatic carbocycles. The molecule has 0 atom stereocenters. The van der Waals surface area contributed by atoms with Crippen molar-refractivity contribution in [2.75, 3.05) is 32.1 Å². The van der Waals surface area contributed by atoms with Crippen molar-refractivity contribution in [2.45, 2.75) is 6.54 Å². The Kier molecular flexibility index (Phi) is 4.85. The van der Waals surface area contributed by atoms with E-state index in [1.165, 1.54) is 6.26 Å². The average Bonchev–Trinajstić information content (AvgIpc) is 2.70. The molecule has 0 aliphatic rings. The molecular weight excluding hydrogens is 256 g/mol. The maximum Gasteiger partial charge on any atom is 0.284 e. The second-order valence-electron chi connectivity index (χ2n) is 4.18. The molecule has 18 heavy (non-hydrogen) atoms. The first-order chi connectivity index (χ1) is 8.29. The molecule has 8 heteroatoms. The van der Waals surface area contributed by atoms with Crippen LogP contribution in [0.2, 0.25) is 0 Å². The Morgan fingerprint density at radius 2 is 2.22 bits per heavy atom. The number of hydrogen-bond acceptors (Lipinski definition) is 5. The van der Waals surface area contributed by atoms with Crippen LogP contribution < -0.4 is 5.73 Å². The summed E-state index contributed by atoms with van der Waals surface area (Å²) in [6.45, 7) is 1.55. The third-order valence-electron chi connectivity index (χ3n) is 2.44. The molecule has 2 N–H and O–H groups in total. The van der Waals surface area contributed by atoms with Crippen molar-refractivity contribution in [3.63, 3.8) is 0 Å². The molecule has 0 bridgehead atoms. The predicted octanol–water partition coefficient (Wildman–Crippen LogP) is -1.24. The van der Waals surface area contributed by atoms with Gasteiger partial charge in [-0.2, -0.15) is 0 Å². The summed E-state index contributed by atoms with van der Waals surface area (Å²) in [5.41, 5.74) is 5.15. The van der Waals surface area contributed by atoms with E-state index < -0.39 is 15.7 Å². The summed E-state index contributed by atoms with van der Waals surface area (Å²) in [5.74, 6) is -0.330. The summed E-state index contributed by atoms with van der Waals surface area (Å²) >= 11 is 0. The van der Waals surface area contributed by atoms with Crippen molar-refractivity contribution in [1.82, 2.24) is 14.5 Å². The van der Waals surface area contributed by atoms with Crippen molar-refractivity contribution < 1.29 is 13.2 Å². The van der Waals surface area contributed by atoms with Crippen LogP contribution in [0.4, 0.5) is 0 Å². The fraction of sp³-hybridized carbons (Fsp3) is 0.600. The average molecular weight is 273 g/mol. The van der Waals surface area contributed by atoms with Crippen molar-refractivity contribution in [2.24, 2.45) is 5.73 Å². The molecule has 0 fully saturated rings. The van der Waals surface area contributed by atoms with Gasteiger partial charge >= 0.3 is 0 Å². The van der Waals surface area contributed by atoms with Gasteiger partial charge in [0.05, 0.1) is 5.75 Å². The van der Waals surface area contributed by atoms with E-state index in [4.69, 9.17) is 5.73 Å².